The zero-order valence-electron chi connectivity index (χ0n) is 19.9. The van der Waals surface area contributed by atoms with Crippen LogP contribution in [-0.2, 0) is 16.2 Å². The van der Waals surface area contributed by atoms with Crippen LogP contribution in [0.1, 0.15) is 18.3 Å². The molecule has 1 aliphatic heterocycles. The Bertz CT molecular complexity index is 1410. The third-order valence-corrected chi connectivity index (χ3v) is 6.86. The summed E-state index contributed by atoms with van der Waals surface area (Å²) in [5.41, 5.74) is 3.22. The fourth-order valence-corrected chi connectivity index (χ4v) is 4.97. The van der Waals surface area contributed by atoms with Crippen LogP contribution in [0.4, 0.5) is 11.4 Å². The molecule has 0 radical (unpaired) electrons. The van der Waals surface area contributed by atoms with E-state index in [-0.39, 0.29) is 25.0 Å². The van der Waals surface area contributed by atoms with E-state index in [0.29, 0.717) is 22.4 Å². The second-order valence-electron chi connectivity index (χ2n) is 8.37. The number of carbonyl (C=O) groups excluding carboxylic acids is 2. The van der Waals surface area contributed by atoms with E-state index in [1.54, 1.807) is 6.07 Å². The molecule has 182 valence electrons. The number of nitrogens with zero attached hydrogens (tertiary/aromatic N) is 4. The average Bonchev–Trinajstić information content (AvgIpc) is 3.29. The molecule has 9 heteroatoms. The van der Waals surface area contributed by atoms with Crippen molar-refractivity contribution in [1.29, 1.82) is 0 Å². The van der Waals surface area contributed by atoms with Crippen LogP contribution < -0.4 is 15.0 Å². The number of anilines is 2. The lowest BCUT2D eigenvalue weighted by molar-refractivity contribution is -0.121. The molecule has 2 heterocycles. The van der Waals surface area contributed by atoms with Crippen molar-refractivity contribution in [3.05, 3.63) is 90.3 Å². The molecule has 0 unspecified atom stereocenters. The molecule has 0 spiro atoms. The standard InChI is InChI=1S/C27H25N5O3S/c1-18-10-6-9-15-23(18)35-17-24-29-30-27(32(24)20-11-4-3-5-12-20)36-19(2)26(34)31-16-25(33)28-21-13-7-8-14-22(21)31/h3-15,19H,16-17H2,1-2H3,(H,28,33)/t19-/m1/s1. The molecule has 5 rings (SSSR count). The van der Waals surface area contributed by atoms with Crippen LogP contribution in [0, 0.1) is 6.92 Å². The summed E-state index contributed by atoms with van der Waals surface area (Å²) in [5, 5.41) is 11.7. The molecule has 8 nitrogen and oxygen atoms in total. The number of hydrogen-bond acceptors (Lipinski definition) is 6. The average molecular weight is 500 g/mol. The van der Waals surface area contributed by atoms with E-state index in [1.165, 1.54) is 16.7 Å². The first kappa shape index (κ1) is 23.6. The fraction of sp³-hybridized carbons (Fsp3) is 0.185. The van der Waals surface area contributed by atoms with Crippen molar-refractivity contribution >= 4 is 35.0 Å². The second kappa shape index (κ2) is 10.2. The van der Waals surface area contributed by atoms with Gasteiger partial charge in [-0.05, 0) is 49.7 Å². The minimum absolute atomic E-state index is 0.0262. The number of nitrogens with one attached hydrogen (secondary N) is 1. The summed E-state index contributed by atoms with van der Waals surface area (Å²) in [7, 11) is 0. The predicted octanol–water partition coefficient (Wildman–Crippen LogP) is 4.62. The molecule has 1 aliphatic rings. The first-order chi connectivity index (χ1) is 17.5. The van der Waals surface area contributed by atoms with Gasteiger partial charge in [0.1, 0.15) is 18.9 Å². The van der Waals surface area contributed by atoms with Gasteiger partial charge in [0.2, 0.25) is 11.8 Å². The van der Waals surface area contributed by atoms with Crippen molar-refractivity contribution in [2.75, 3.05) is 16.8 Å². The summed E-state index contributed by atoms with van der Waals surface area (Å²) in [4.78, 5) is 27.2. The van der Waals surface area contributed by atoms with Gasteiger partial charge in [0.05, 0.1) is 16.6 Å². The van der Waals surface area contributed by atoms with Gasteiger partial charge in [0, 0.05) is 5.69 Å². The molecule has 36 heavy (non-hydrogen) atoms. The number of benzene rings is 3. The minimum Gasteiger partial charge on any atom is -0.485 e. The fourth-order valence-electron chi connectivity index (χ4n) is 4.03. The Kier molecular flexibility index (Phi) is 6.73. The van der Waals surface area contributed by atoms with E-state index in [9.17, 15) is 9.59 Å². The van der Waals surface area contributed by atoms with E-state index in [2.05, 4.69) is 15.5 Å². The lowest BCUT2D eigenvalue weighted by Crippen LogP contribution is -2.45. The van der Waals surface area contributed by atoms with Gasteiger partial charge < -0.3 is 10.1 Å². The molecule has 0 aliphatic carbocycles. The Labute approximate surface area is 213 Å². The van der Waals surface area contributed by atoms with Crippen LogP contribution in [0.15, 0.2) is 84.0 Å². The highest BCUT2D eigenvalue weighted by Gasteiger charge is 2.31. The highest BCUT2D eigenvalue weighted by Crippen LogP contribution is 2.33. The maximum absolute atomic E-state index is 13.5. The number of carbonyl (C=O) groups is 2. The normalized spacial score (nSPS) is 13.6. The van der Waals surface area contributed by atoms with E-state index in [4.69, 9.17) is 4.74 Å². The molecule has 2 amide bonds. The molecule has 0 bridgehead atoms. The van der Waals surface area contributed by atoms with Crippen molar-refractivity contribution in [3.8, 4) is 11.4 Å². The molecular formula is C27H25N5O3S. The Morgan fingerprint density at radius 3 is 2.56 bits per heavy atom. The van der Waals surface area contributed by atoms with Gasteiger partial charge in [0.25, 0.3) is 0 Å². The van der Waals surface area contributed by atoms with Crippen LogP contribution in [0.3, 0.4) is 0 Å². The van der Waals surface area contributed by atoms with Gasteiger partial charge in [-0.25, -0.2) is 0 Å². The molecule has 0 fully saturated rings. The van der Waals surface area contributed by atoms with Gasteiger partial charge in [-0.3, -0.25) is 19.1 Å². The molecule has 0 saturated carbocycles. The Hall–Kier alpha value is -4.11. The van der Waals surface area contributed by atoms with E-state index in [1.807, 2.05) is 91.2 Å². The van der Waals surface area contributed by atoms with Crippen LogP contribution in [0.25, 0.3) is 5.69 Å². The highest BCUT2D eigenvalue weighted by molar-refractivity contribution is 8.00. The quantitative estimate of drug-likeness (QED) is 0.373. The summed E-state index contributed by atoms with van der Waals surface area (Å²) >= 11 is 1.30. The Morgan fingerprint density at radius 1 is 1.03 bits per heavy atom. The van der Waals surface area contributed by atoms with Crippen molar-refractivity contribution in [2.45, 2.75) is 30.9 Å². The lowest BCUT2D eigenvalue weighted by Gasteiger charge is -2.30. The van der Waals surface area contributed by atoms with Crippen LogP contribution in [0.5, 0.6) is 5.75 Å². The molecule has 3 aromatic carbocycles. The molecular weight excluding hydrogens is 474 g/mol. The SMILES string of the molecule is Cc1ccccc1OCc1nnc(S[C@H](C)C(=O)N2CC(=O)Nc3ccccc32)n1-c1ccccc1. The number of fused-ring (bicyclic) bond motifs is 1. The van der Waals surface area contributed by atoms with Gasteiger partial charge in [-0.15, -0.1) is 10.2 Å². The topological polar surface area (TPSA) is 89.4 Å². The number of para-hydroxylation sites is 4. The molecule has 1 N–H and O–H groups in total. The monoisotopic (exact) mass is 499 g/mol. The third kappa shape index (κ3) is 4.83. The van der Waals surface area contributed by atoms with E-state index in [0.717, 1.165) is 17.0 Å². The Morgan fingerprint density at radius 2 is 1.75 bits per heavy atom. The van der Waals surface area contributed by atoms with Gasteiger partial charge >= 0.3 is 0 Å². The molecule has 4 aromatic rings. The summed E-state index contributed by atoms with van der Waals surface area (Å²) in [6.45, 7) is 4.00. The van der Waals surface area contributed by atoms with E-state index < -0.39 is 5.25 Å². The number of thioether (sulfide) groups is 1. The van der Waals surface area contributed by atoms with Gasteiger partial charge in [-0.2, -0.15) is 0 Å². The summed E-state index contributed by atoms with van der Waals surface area (Å²) in [5.74, 6) is 0.999. The predicted molar refractivity (Wildman–Crippen MR) is 140 cm³/mol. The highest BCUT2D eigenvalue weighted by atomic mass is 32.2. The van der Waals surface area contributed by atoms with E-state index >= 15 is 0 Å². The number of ether oxygens (including phenoxy) is 1. The van der Waals surface area contributed by atoms with Crippen molar-refractivity contribution in [2.24, 2.45) is 0 Å². The zero-order valence-corrected chi connectivity index (χ0v) is 20.7. The molecule has 1 atom stereocenters. The van der Waals surface area contributed by atoms with Crippen molar-refractivity contribution in [1.82, 2.24) is 14.8 Å². The first-order valence-electron chi connectivity index (χ1n) is 11.6. The maximum Gasteiger partial charge on any atom is 0.244 e. The molecule has 0 saturated heterocycles. The van der Waals surface area contributed by atoms with Crippen LogP contribution in [0.2, 0.25) is 0 Å². The lowest BCUT2D eigenvalue weighted by atomic mass is 10.2. The number of amides is 2. The first-order valence-corrected chi connectivity index (χ1v) is 12.4. The van der Waals surface area contributed by atoms with Gasteiger partial charge in [0.15, 0.2) is 11.0 Å². The number of hydrogen-bond donors (Lipinski definition) is 1. The summed E-state index contributed by atoms with van der Waals surface area (Å²) in [6, 6.07) is 24.8. The summed E-state index contributed by atoms with van der Waals surface area (Å²) < 4.78 is 7.95. The maximum atomic E-state index is 13.5. The second-order valence-corrected chi connectivity index (χ2v) is 9.68. The summed E-state index contributed by atoms with van der Waals surface area (Å²) in [6.07, 6.45) is 0. The minimum atomic E-state index is -0.513. The number of aryl methyl sites for hydroxylation is 1. The van der Waals surface area contributed by atoms with Crippen LogP contribution >= 0.6 is 11.8 Å². The van der Waals surface area contributed by atoms with Crippen molar-refractivity contribution < 1.29 is 14.3 Å². The van der Waals surface area contributed by atoms with Crippen molar-refractivity contribution in [3.63, 3.8) is 0 Å². The smallest absolute Gasteiger partial charge is 0.244 e. The van der Waals surface area contributed by atoms with Gasteiger partial charge in [-0.1, -0.05) is 60.3 Å². The third-order valence-electron chi connectivity index (χ3n) is 5.83. The largest absolute Gasteiger partial charge is 0.485 e. The van der Waals surface area contributed by atoms with Crippen LogP contribution in [-0.4, -0.2) is 38.4 Å². The Balaban J connectivity index is 1.41. The zero-order chi connectivity index (χ0) is 25.1. The molecule has 1 aromatic heterocycles. The number of aromatic nitrogens is 3. The number of rotatable bonds is 7.